The highest BCUT2D eigenvalue weighted by Gasteiger charge is 2.30. The van der Waals surface area contributed by atoms with Crippen molar-refractivity contribution < 1.29 is 9.90 Å². The number of rotatable bonds is 5. The summed E-state index contributed by atoms with van der Waals surface area (Å²) in [6.07, 6.45) is 2.21. The highest BCUT2D eigenvalue weighted by atomic mass is 16.4. The van der Waals surface area contributed by atoms with E-state index in [4.69, 9.17) is 5.11 Å². The molecule has 98 valence electrons. The first-order chi connectivity index (χ1) is 8.68. The van der Waals surface area contributed by atoms with Crippen LogP contribution in [0.25, 0.3) is 0 Å². The summed E-state index contributed by atoms with van der Waals surface area (Å²) >= 11 is 0. The van der Waals surface area contributed by atoms with Crippen molar-refractivity contribution >= 4 is 5.97 Å². The van der Waals surface area contributed by atoms with Gasteiger partial charge >= 0.3 is 5.97 Å². The summed E-state index contributed by atoms with van der Waals surface area (Å²) in [5.41, 5.74) is 1.41. The minimum absolute atomic E-state index is 0.277. The largest absolute Gasteiger partial charge is 0.481 e. The Morgan fingerprint density at radius 3 is 2.78 bits per heavy atom. The van der Waals surface area contributed by atoms with Gasteiger partial charge in [0.2, 0.25) is 0 Å². The minimum atomic E-state index is -0.693. The summed E-state index contributed by atoms with van der Waals surface area (Å²) < 4.78 is 0. The molecule has 2 unspecified atom stereocenters. The van der Waals surface area contributed by atoms with E-state index in [0.717, 1.165) is 19.5 Å². The van der Waals surface area contributed by atoms with Gasteiger partial charge in [0.25, 0.3) is 0 Å². The highest BCUT2D eigenvalue weighted by Crippen LogP contribution is 2.33. The summed E-state index contributed by atoms with van der Waals surface area (Å²) in [7, 11) is 0. The number of benzene rings is 1. The van der Waals surface area contributed by atoms with Crippen LogP contribution in [-0.4, -0.2) is 35.1 Å². The van der Waals surface area contributed by atoms with Crippen molar-refractivity contribution in [1.29, 1.82) is 0 Å². The van der Waals surface area contributed by atoms with Crippen LogP contribution in [0.1, 0.15) is 37.7 Å². The summed E-state index contributed by atoms with van der Waals surface area (Å²) in [6, 6.07) is 11.1. The first-order valence-electron chi connectivity index (χ1n) is 6.69. The van der Waals surface area contributed by atoms with Gasteiger partial charge in [-0.3, -0.25) is 4.79 Å². The van der Waals surface area contributed by atoms with E-state index in [0.29, 0.717) is 12.0 Å². The van der Waals surface area contributed by atoms with Crippen LogP contribution < -0.4 is 0 Å². The van der Waals surface area contributed by atoms with Gasteiger partial charge in [0.15, 0.2) is 0 Å². The number of aliphatic carboxylic acids is 1. The fourth-order valence-electron chi connectivity index (χ4n) is 2.90. The van der Waals surface area contributed by atoms with Crippen molar-refractivity contribution in [3.05, 3.63) is 35.9 Å². The Kier molecular flexibility index (Phi) is 4.37. The molecule has 0 radical (unpaired) electrons. The average molecular weight is 247 g/mol. The van der Waals surface area contributed by atoms with Crippen molar-refractivity contribution in [1.82, 2.24) is 4.90 Å². The lowest BCUT2D eigenvalue weighted by Gasteiger charge is -2.24. The third-order valence-electron chi connectivity index (χ3n) is 3.95. The van der Waals surface area contributed by atoms with Crippen molar-refractivity contribution in [3.8, 4) is 0 Å². The molecule has 0 bridgehead atoms. The Bertz CT molecular complexity index is 391. The number of nitrogens with zero attached hydrogens (tertiary/aromatic N) is 1. The highest BCUT2D eigenvalue weighted by molar-refractivity contribution is 5.66. The second kappa shape index (κ2) is 6.01. The number of carbonyl (C=O) groups is 1. The Labute approximate surface area is 108 Å². The molecular formula is C15H21NO2. The quantitative estimate of drug-likeness (QED) is 0.869. The van der Waals surface area contributed by atoms with Gasteiger partial charge in [-0.15, -0.1) is 0 Å². The zero-order chi connectivity index (χ0) is 13.0. The third kappa shape index (κ3) is 3.10. The van der Waals surface area contributed by atoms with E-state index in [-0.39, 0.29) is 6.42 Å². The first-order valence-corrected chi connectivity index (χ1v) is 6.69. The predicted octanol–water partition coefficient (Wildman–Crippen LogP) is 2.73. The molecule has 0 saturated carbocycles. The van der Waals surface area contributed by atoms with E-state index in [1.165, 1.54) is 12.0 Å². The smallest absolute Gasteiger partial charge is 0.303 e. The molecule has 0 aromatic heterocycles. The molecule has 1 aliphatic heterocycles. The minimum Gasteiger partial charge on any atom is -0.481 e. The van der Waals surface area contributed by atoms with E-state index in [1.807, 2.05) is 6.07 Å². The second-order valence-electron chi connectivity index (χ2n) is 5.08. The van der Waals surface area contributed by atoms with Crippen LogP contribution in [0.2, 0.25) is 0 Å². The van der Waals surface area contributed by atoms with Crippen LogP contribution in [0.4, 0.5) is 0 Å². The van der Waals surface area contributed by atoms with Crippen molar-refractivity contribution in [2.24, 2.45) is 0 Å². The average Bonchev–Trinajstić information content (AvgIpc) is 2.72. The molecule has 2 rings (SSSR count). The van der Waals surface area contributed by atoms with Gasteiger partial charge in [-0.25, -0.2) is 0 Å². The number of hydrogen-bond acceptors (Lipinski definition) is 2. The van der Waals surface area contributed by atoms with Gasteiger partial charge in [-0.05, 0) is 38.4 Å². The second-order valence-corrected chi connectivity index (χ2v) is 5.08. The van der Waals surface area contributed by atoms with Gasteiger partial charge in [-0.2, -0.15) is 0 Å². The maximum absolute atomic E-state index is 10.5. The Morgan fingerprint density at radius 2 is 2.11 bits per heavy atom. The zero-order valence-corrected chi connectivity index (χ0v) is 10.9. The molecule has 1 aliphatic rings. The lowest BCUT2D eigenvalue weighted by Crippen LogP contribution is -2.30. The number of likely N-dealkylation sites (tertiary alicyclic amines) is 1. The molecule has 0 spiro atoms. The lowest BCUT2D eigenvalue weighted by molar-refractivity contribution is -0.137. The molecule has 0 amide bonds. The van der Waals surface area contributed by atoms with E-state index in [1.54, 1.807) is 0 Å². The fourth-order valence-corrected chi connectivity index (χ4v) is 2.90. The Morgan fingerprint density at radius 1 is 1.39 bits per heavy atom. The van der Waals surface area contributed by atoms with Crippen LogP contribution in [0.15, 0.2) is 30.3 Å². The summed E-state index contributed by atoms with van der Waals surface area (Å²) in [5, 5.41) is 8.66. The molecule has 3 heteroatoms. The van der Waals surface area contributed by atoms with Crippen LogP contribution in [-0.2, 0) is 4.79 Å². The number of carboxylic acid groups (broad SMARTS) is 1. The molecule has 1 fully saturated rings. The fraction of sp³-hybridized carbons (Fsp3) is 0.533. The SMILES string of the molecule is CC1C(c2ccccc2)CCN1CCCC(=O)O. The molecule has 1 N–H and O–H groups in total. The lowest BCUT2D eigenvalue weighted by atomic mass is 9.93. The van der Waals surface area contributed by atoms with Crippen molar-refractivity contribution in [2.75, 3.05) is 13.1 Å². The van der Waals surface area contributed by atoms with Crippen LogP contribution in [0, 0.1) is 0 Å². The van der Waals surface area contributed by atoms with Crippen LogP contribution >= 0.6 is 0 Å². The van der Waals surface area contributed by atoms with Gasteiger partial charge in [0, 0.05) is 18.4 Å². The molecule has 0 aliphatic carbocycles. The molecule has 1 heterocycles. The van der Waals surface area contributed by atoms with Gasteiger partial charge in [0.1, 0.15) is 0 Å². The molecule has 18 heavy (non-hydrogen) atoms. The van der Waals surface area contributed by atoms with E-state index < -0.39 is 5.97 Å². The van der Waals surface area contributed by atoms with Gasteiger partial charge < -0.3 is 10.0 Å². The van der Waals surface area contributed by atoms with Crippen LogP contribution in [0.5, 0.6) is 0 Å². The van der Waals surface area contributed by atoms with Crippen molar-refractivity contribution in [2.45, 2.75) is 38.1 Å². The first kappa shape index (κ1) is 13.1. The normalized spacial score (nSPS) is 24.3. The van der Waals surface area contributed by atoms with E-state index >= 15 is 0 Å². The molecule has 2 atom stereocenters. The number of hydrogen-bond donors (Lipinski definition) is 1. The zero-order valence-electron chi connectivity index (χ0n) is 10.9. The maximum atomic E-state index is 10.5. The standard InChI is InChI=1S/C15H21NO2/c1-12-14(13-6-3-2-4-7-13)9-11-16(12)10-5-8-15(17)18/h2-4,6-7,12,14H,5,8-11H2,1H3,(H,17,18). The van der Waals surface area contributed by atoms with Gasteiger partial charge in [-0.1, -0.05) is 30.3 Å². The molecule has 1 aromatic carbocycles. The molecule has 3 nitrogen and oxygen atoms in total. The Hall–Kier alpha value is -1.35. The molecule has 1 saturated heterocycles. The third-order valence-corrected chi connectivity index (χ3v) is 3.95. The molecule has 1 aromatic rings. The van der Waals surface area contributed by atoms with E-state index in [2.05, 4.69) is 36.1 Å². The summed E-state index contributed by atoms with van der Waals surface area (Å²) in [5.74, 6) is -0.0995. The molecular weight excluding hydrogens is 226 g/mol. The van der Waals surface area contributed by atoms with Gasteiger partial charge in [0.05, 0.1) is 0 Å². The number of carboxylic acids is 1. The summed E-state index contributed by atoms with van der Waals surface area (Å²) in [6.45, 7) is 4.24. The van der Waals surface area contributed by atoms with Crippen LogP contribution in [0.3, 0.4) is 0 Å². The summed E-state index contributed by atoms with van der Waals surface area (Å²) in [4.78, 5) is 12.9. The maximum Gasteiger partial charge on any atom is 0.303 e. The topological polar surface area (TPSA) is 40.5 Å². The predicted molar refractivity (Wildman–Crippen MR) is 71.7 cm³/mol. The van der Waals surface area contributed by atoms with E-state index in [9.17, 15) is 4.79 Å². The monoisotopic (exact) mass is 247 g/mol. The van der Waals surface area contributed by atoms with Crippen molar-refractivity contribution in [3.63, 3.8) is 0 Å². The Balaban J connectivity index is 1.89.